The number of carbonyl (C=O) groups excluding carboxylic acids is 2. The average molecular weight is 450 g/mol. The van der Waals surface area contributed by atoms with Crippen molar-refractivity contribution in [2.24, 2.45) is 0 Å². The third-order valence-corrected chi connectivity index (χ3v) is 5.57. The molecule has 1 aliphatic heterocycles. The van der Waals surface area contributed by atoms with Crippen molar-refractivity contribution in [3.05, 3.63) is 94.5 Å². The van der Waals surface area contributed by atoms with E-state index in [-0.39, 0.29) is 11.3 Å². The molecule has 3 aromatic rings. The van der Waals surface area contributed by atoms with Crippen molar-refractivity contribution < 1.29 is 24.2 Å². The number of ketones is 1. The molecule has 1 aliphatic rings. The summed E-state index contributed by atoms with van der Waals surface area (Å²) in [6.45, 7) is 0. The molecule has 0 aliphatic carbocycles. The number of nitrogens with zero attached hydrogens (tertiary/aromatic N) is 1. The lowest BCUT2D eigenvalue weighted by atomic mass is 9.94. The maximum absolute atomic E-state index is 13.1. The van der Waals surface area contributed by atoms with E-state index in [1.165, 1.54) is 19.1 Å². The van der Waals surface area contributed by atoms with Crippen LogP contribution in [0.4, 0.5) is 5.69 Å². The third kappa shape index (κ3) is 3.69. The van der Waals surface area contributed by atoms with E-state index >= 15 is 0 Å². The van der Waals surface area contributed by atoms with E-state index in [1.807, 2.05) is 0 Å². The van der Waals surface area contributed by atoms with Gasteiger partial charge in [0.05, 0.1) is 25.8 Å². The van der Waals surface area contributed by atoms with Crippen LogP contribution in [0, 0.1) is 0 Å². The summed E-state index contributed by atoms with van der Waals surface area (Å²) in [6, 6.07) is 19.5. The summed E-state index contributed by atoms with van der Waals surface area (Å²) in [7, 11) is 3.02. The Labute approximate surface area is 190 Å². The minimum absolute atomic E-state index is 0.0108. The number of rotatable bonds is 5. The van der Waals surface area contributed by atoms with Gasteiger partial charge >= 0.3 is 0 Å². The van der Waals surface area contributed by atoms with Crippen LogP contribution in [0.1, 0.15) is 17.2 Å². The summed E-state index contributed by atoms with van der Waals surface area (Å²) in [5, 5.41) is 11.6. The van der Waals surface area contributed by atoms with Gasteiger partial charge in [-0.1, -0.05) is 48.0 Å². The molecule has 0 bridgehead atoms. The van der Waals surface area contributed by atoms with Gasteiger partial charge in [0.1, 0.15) is 5.76 Å². The Kier molecular flexibility index (Phi) is 5.88. The van der Waals surface area contributed by atoms with Crippen LogP contribution < -0.4 is 14.4 Å². The highest BCUT2D eigenvalue weighted by Crippen LogP contribution is 2.44. The topological polar surface area (TPSA) is 76.1 Å². The standard InChI is InChI=1S/C25H20ClNO5/c1-31-19-13-8-16(14-20(19)32-2)22-21(23(28)15-6-4-3-5-7-15)24(29)25(30)27(22)18-11-9-17(26)10-12-18/h3-14,22,28H,1-2H3/b23-21+. The third-order valence-electron chi connectivity index (χ3n) is 5.32. The van der Waals surface area contributed by atoms with Crippen molar-refractivity contribution in [3.63, 3.8) is 0 Å². The first kappa shape index (κ1) is 21.5. The van der Waals surface area contributed by atoms with Crippen LogP contribution in [0.5, 0.6) is 11.5 Å². The summed E-state index contributed by atoms with van der Waals surface area (Å²) in [5.41, 5.74) is 1.48. The quantitative estimate of drug-likeness (QED) is 0.337. The largest absolute Gasteiger partial charge is 0.507 e. The first-order valence-electron chi connectivity index (χ1n) is 9.80. The second kappa shape index (κ2) is 8.77. The first-order valence-corrected chi connectivity index (χ1v) is 10.2. The Bertz CT molecular complexity index is 1200. The van der Waals surface area contributed by atoms with Crippen LogP contribution >= 0.6 is 11.6 Å². The predicted molar refractivity (Wildman–Crippen MR) is 122 cm³/mol. The SMILES string of the molecule is COc1ccc(C2/C(=C(\O)c3ccccc3)C(=O)C(=O)N2c2ccc(Cl)cc2)cc1OC. The number of anilines is 1. The van der Waals surface area contributed by atoms with Crippen molar-refractivity contribution in [1.29, 1.82) is 0 Å². The molecule has 3 aromatic carbocycles. The number of carbonyl (C=O) groups is 2. The van der Waals surface area contributed by atoms with Gasteiger partial charge in [0.15, 0.2) is 11.5 Å². The Balaban J connectivity index is 1.96. The lowest BCUT2D eigenvalue weighted by molar-refractivity contribution is -0.132. The summed E-state index contributed by atoms with van der Waals surface area (Å²) in [5.74, 6) is -0.833. The molecule has 1 heterocycles. The normalized spacial score (nSPS) is 17.5. The number of hydrogen-bond acceptors (Lipinski definition) is 5. The van der Waals surface area contributed by atoms with E-state index in [2.05, 4.69) is 0 Å². The maximum Gasteiger partial charge on any atom is 0.300 e. The number of benzene rings is 3. The highest BCUT2D eigenvalue weighted by molar-refractivity contribution is 6.51. The van der Waals surface area contributed by atoms with Crippen LogP contribution in [-0.4, -0.2) is 31.0 Å². The van der Waals surface area contributed by atoms with Gasteiger partial charge in [0.25, 0.3) is 11.7 Å². The van der Waals surface area contributed by atoms with Crippen molar-refractivity contribution in [2.45, 2.75) is 6.04 Å². The summed E-state index contributed by atoms with van der Waals surface area (Å²) < 4.78 is 10.7. The van der Waals surface area contributed by atoms with Crippen LogP contribution in [0.2, 0.25) is 5.02 Å². The molecule has 6 nitrogen and oxygen atoms in total. The lowest BCUT2D eigenvalue weighted by Crippen LogP contribution is -2.29. The van der Waals surface area contributed by atoms with Gasteiger partial charge in [-0.2, -0.15) is 0 Å². The highest BCUT2D eigenvalue weighted by Gasteiger charge is 2.47. The molecule has 1 fully saturated rings. The molecule has 32 heavy (non-hydrogen) atoms. The fourth-order valence-corrected chi connectivity index (χ4v) is 3.92. The molecule has 4 rings (SSSR count). The molecule has 1 unspecified atom stereocenters. The molecule has 1 atom stereocenters. The van der Waals surface area contributed by atoms with Crippen molar-refractivity contribution >= 4 is 34.7 Å². The zero-order valence-corrected chi connectivity index (χ0v) is 18.2. The van der Waals surface area contributed by atoms with Crippen molar-refractivity contribution in [3.8, 4) is 11.5 Å². The zero-order chi connectivity index (χ0) is 22.8. The van der Waals surface area contributed by atoms with Crippen LogP contribution in [0.3, 0.4) is 0 Å². The fraction of sp³-hybridized carbons (Fsp3) is 0.120. The molecule has 0 radical (unpaired) electrons. The Morgan fingerprint density at radius 3 is 2.19 bits per heavy atom. The van der Waals surface area contributed by atoms with E-state index in [4.69, 9.17) is 21.1 Å². The van der Waals surface area contributed by atoms with E-state index in [9.17, 15) is 14.7 Å². The maximum atomic E-state index is 13.1. The minimum Gasteiger partial charge on any atom is -0.507 e. The van der Waals surface area contributed by atoms with E-state index in [0.717, 1.165) is 0 Å². The number of amides is 1. The predicted octanol–water partition coefficient (Wildman–Crippen LogP) is 4.98. The molecule has 162 valence electrons. The number of aliphatic hydroxyl groups excluding tert-OH is 1. The van der Waals surface area contributed by atoms with Gasteiger partial charge in [0.2, 0.25) is 0 Å². The van der Waals surface area contributed by atoms with E-state index in [0.29, 0.717) is 33.3 Å². The lowest BCUT2D eigenvalue weighted by Gasteiger charge is -2.26. The first-order chi connectivity index (χ1) is 15.5. The number of ether oxygens (including phenoxy) is 2. The van der Waals surface area contributed by atoms with Crippen molar-refractivity contribution in [2.75, 3.05) is 19.1 Å². The van der Waals surface area contributed by atoms with E-state index in [1.54, 1.807) is 72.8 Å². The second-order valence-electron chi connectivity index (χ2n) is 7.13. The molecule has 1 amide bonds. The summed E-state index contributed by atoms with van der Waals surface area (Å²) in [4.78, 5) is 27.6. The average Bonchev–Trinajstić information content (AvgIpc) is 3.09. The molecular formula is C25H20ClNO5. The second-order valence-corrected chi connectivity index (χ2v) is 7.56. The Morgan fingerprint density at radius 1 is 0.906 bits per heavy atom. The van der Waals surface area contributed by atoms with Gasteiger partial charge in [-0.25, -0.2) is 0 Å². The van der Waals surface area contributed by atoms with Gasteiger partial charge in [-0.05, 0) is 42.0 Å². The molecule has 0 spiro atoms. The van der Waals surface area contributed by atoms with Gasteiger partial charge in [0, 0.05) is 16.3 Å². The number of Topliss-reactive ketones (excluding diaryl/α,β-unsaturated/α-hetero) is 1. The summed E-state index contributed by atoms with van der Waals surface area (Å²) >= 11 is 6.02. The molecule has 1 saturated heterocycles. The van der Waals surface area contributed by atoms with Crippen LogP contribution in [0.25, 0.3) is 5.76 Å². The molecular weight excluding hydrogens is 430 g/mol. The van der Waals surface area contributed by atoms with Crippen LogP contribution in [-0.2, 0) is 9.59 Å². The van der Waals surface area contributed by atoms with Crippen molar-refractivity contribution in [1.82, 2.24) is 0 Å². The number of hydrogen-bond donors (Lipinski definition) is 1. The van der Waals surface area contributed by atoms with Crippen LogP contribution in [0.15, 0.2) is 78.4 Å². The highest BCUT2D eigenvalue weighted by atomic mass is 35.5. The monoisotopic (exact) mass is 449 g/mol. The van der Waals surface area contributed by atoms with Gasteiger partial charge < -0.3 is 14.6 Å². The molecule has 7 heteroatoms. The smallest absolute Gasteiger partial charge is 0.300 e. The van der Waals surface area contributed by atoms with E-state index < -0.39 is 17.7 Å². The zero-order valence-electron chi connectivity index (χ0n) is 17.4. The Hall–Kier alpha value is -3.77. The van der Waals surface area contributed by atoms with Gasteiger partial charge in [-0.3, -0.25) is 14.5 Å². The molecule has 1 N–H and O–H groups in total. The summed E-state index contributed by atoms with van der Waals surface area (Å²) in [6.07, 6.45) is 0. The van der Waals surface area contributed by atoms with Gasteiger partial charge in [-0.15, -0.1) is 0 Å². The molecule has 0 saturated carbocycles. The number of halogens is 1. The Morgan fingerprint density at radius 2 is 1.56 bits per heavy atom. The number of aliphatic hydroxyl groups is 1. The minimum atomic E-state index is -0.879. The number of methoxy groups -OCH3 is 2. The molecule has 0 aromatic heterocycles. The fourth-order valence-electron chi connectivity index (χ4n) is 3.79.